The first-order chi connectivity index (χ1) is 8.16. The van der Waals surface area contributed by atoms with Crippen LogP contribution in [0.4, 0.5) is 0 Å². The SMILES string of the molecule is Clc1ccc2ccc3c(Cl)ccc(Cl)c3c2c1. The van der Waals surface area contributed by atoms with Crippen LogP contribution in [0.1, 0.15) is 0 Å². The molecule has 0 N–H and O–H groups in total. The van der Waals surface area contributed by atoms with Gasteiger partial charge < -0.3 is 0 Å². The number of hydrogen-bond donors (Lipinski definition) is 0. The lowest BCUT2D eigenvalue weighted by Crippen LogP contribution is -1.80. The third kappa shape index (κ3) is 1.77. The van der Waals surface area contributed by atoms with Crippen LogP contribution in [0.3, 0.4) is 0 Å². The zero-order chi connectivity index (χ0) is 12.0. The highest BCUT2D eigenvalue weighted by Gasteiger charge is 2.07. The van der Waals surface area contributed by atoms with E-state index in [9.17, 15) is 0 Å². The number of benzene rings is 3. The van der Waals surface area contributed by atoms with Crippen LogP contribution in [0.15, 0.2) is 42.5 Å². The van der Waals surface area contributed by atoms with Crippen molar-refractivity contribution < 1.29 is 0 Å². The van der Waals surface area contributed by atoms with Crippen LogP contribution >= 0.6 is 34.8 Å². The van der Waals surface area contributed by atoms with E-state index in [0.717, 1.165) is 21.5 Å². The summed E-state index contributed by atoms with van der Waals surface area (Å²) in [6.45, 7) is 0. The molecule has 0 aliphatic rings. The summed E-state index contributed by atoms with van der Waals surface area (Å²) in [7, 11) is 0. The molecule has 0 aliphatic carbocycles. The van der Waals surface area contributed by atoms with Crippen LogP contribution in [0.2, 0.25) is 15.1 Å². The molecule has 0 saturated heterocycles. The van der Waals surface area contributed by atoms with Gasteiger partial charge in [-0.1, -0.05) is 53.0 Å². The van der Waals surface area contributed by atoms with Crippen LogP contribution < -0.4 is 0 Å². The van der Waals surface area contributed by atoms with E-state index in [1.807, 2.05) is 42.5 Å². The van der Waals surface area contributed by atoms with Gasteiger partial charge in [-0.05, 0) is 35.0 Å². The molecule has 0 bridgehead atoms. The Balaban J connectivity index is 2.62. The van der Waals surface area contributed by atoms with Gasteiger partial charge in [0, 0.05) is 25.8 Å². The molecule has 3 aromatic rings. The van der Waals surface area contributed by atoms with Crippen molar-refractivity contribution in [3.05, 3.63) is 57.5 Å². The second kappa shape index (κ2) is 4.06. The molecule has 3 rings (SSSR count). The van der Waals surface area contributed by atoms with E-state index >= 15 is 0 Å². The van der Waals surface area contributed by atoms with Gasteiger partial charge in [-0.25, -0.2) is 0 Å². The summed E-state index contributed by atoms with van der Waals surface area (Å²) in [6.07, 6.45) is 0. The Morgan fingerprint density at radius 1 is 0.647 bits per heavy atom. The fraction of sp³-hybridized carbons (Fsp3) is 0. The molecule has 0 nitrogen and oxygen atoms in total. The molecule has 0 unspecified atom stereocenters. The Morgan fingerprint density at radius 2 is 1.35 bits per heavy atom. The lowest BCUT2D eigenvalue weighted by atomic mass is 10.0. The lowest BCUT2D eigenvalue weighted by molar-refractivity contribution is 1.76. The van der Waals surface area contributed by atoms with Gasteiger partial charge in [0.15, 0.2) is 0 Å². The number of fused-ring (bicyclic) bond motifs is 3. The van der Waals surface area contributed by atoms with Crippen molar-refractivity contribution in [1.82, 2.24) is 0 Å². The number of rotatable bonds is 0. The monoisotopic (exact) mass is 280 g/mol. The van der Waals surface area contributed by atoms with E-state index in [0.29, 0.717) is 15.1 Å². The average Bonchev–Trinajstić information content (AvgIpc) is 2.33. The Kier molecular flexibility index (Phi) is 2.67. The maximum Gasteiger partial charge on any atom is 0.0491 e. The normalized spacial score (nSPS) is 11.2. The first kappa shape index (κ1) is 11.2. The fourth-order valence-electron chi connectivity index (χ4n) is 2.07. The van der Waals surface area contributed by atoms with Gasteiger partial charge in [0.2, 0.25) is 0 Å². The first-order valence-corrected chi connectivity index (χ1v) is 6.26. The van der Waals surface area contributed by atoms with Crippen molar-refractivity contribution >= 4 is 56.3 Å². The molecule has 0 saturated carbocycles. The Morgan fingerprint density at radius 3 is 2.18 bits per heavy atom. The van der Waals surface area contributed by atoms with E-state index < -0.39 is 0 Å². The molecule has 0 heterocycles. The molecule has 0 atom stereocenters. The van der Waals surface area contributed by atoms with Gasteiger partial charge in [0.25, 0.3) is 0 Å². The van der Waals surface area contributed by atoms with Crippen LogP contribution in [-0.2, 0) is 0 Å². The second-order valence-electron chi connectivity index (χ2n) is 3.88. The number of halogens is 3. The molecular formula is C14H7Cl3. The molecule has 3 aromatic carbocycles. The molecule has 0 aliphatic heterocycles. The Hall–Kier alpha value is -0.950. The minimum atomic E-state index is 0.692. The second-order valence-corrected chi connectivity index (χ2v) is 5.13. The average molecular weight is 282 g/mol. The molecule has 0 aromatic heterocycles. The Labute approximate surface area is 114 Å². The van der Waals surface area contributed by atoms with E-state index in [4.69, 9.17) is 34.8 Å². The van der Waals surface area contributed by atoms with Gasteiger partial charge in [0.1, 0.15) is 0 Å². The molecule has 17 heavy (non-hydrogen) atoms. The van der Waals surface area contributed by atoms with Crippen molar-refractivity contribution in [2.45, 2.75) is 0 Å². The summed E-state index contributed by atoms with van der Waals surface area (Å²) >= 11 is 18.5. The van der Waals surface area contributed by atoms with E-state index in [2.05, 4.69) is 0 Å². The van der Waals surface area contributed by atoms with Gasteiger partial charge in [0.05, 0.1) is 0 Å². The molecule has 0 amide bonds. The molecule has 0 fully saturated rings. The minimum absolute atomic E-state index is 0.692. The zero-order valence-electron chi connectivity index (χ0n) is 8.68. The molecule has 84 valence electrons. The zero-order valence-corrected chi connectivity index (χ0v) is 10.9. The third-order valence-corrected chi connectivity index (χ3v) is 3.74. The lowest BCUT2D eigenvalue weighted by Gasteiger charge is -2.07. The molecule has 0 spiro atoms. The van der Waals surface area contributed by atoms with E-state index in [1.54, 1.807) is 0 Å². The van der Waals surface area contributed by atoms with Crippen LogP contribution in [0, 0.1) is 0 Å². The van der Waals surface area contributed by atoms with Gasteiger partial charge in [-0.3, -0.25) is 0 Å². The summed E-state index contributed by atoms with van der Waals surface area (Å²) < 4.78 is 0. The highest BCUT2D eigenvalue weighted by atomic mass is 35.5. The summed E-state index contributed by atoms with van der Waals surface area (Å²) in [5, 5.41) is 6.13. The smallest absolute Gasteiger partial charge is 0.0491 e. The van der Waals surface area contributed by atoms with Crippen LogP contribution in [0.25, 0.3) is 21.5 Å². The van der Waals surface area contributed by atoms with Crippen molar-refractivity contribution in [3.63, 3.8) is 0 Å². The predicted octanol–water partition coefficient (Wildman–Crippen LogP) is 5.95. The summed E-state index contributed by atoms with van der Waals surface area (Å²) in [6, 6.07) is 13.4. The largest absolute Gasteiger partial charge is 0.0843 e. The van der Waals surface area contributed by atoms with Gasteiger partial charge in [-0.15, -0.1) is 0 Å². The Bertz CT molecular complexity index is 732. The standard InChI is InChI=1S/C14H7Cl3/c15-9-3-1-8-2-4-10-12(16)5-6-13(17)14(10)11(8)7-9/h1-7H. The van der Waals surface area contributed by atoms with Crippen LogP contribution in [-0.4, -0.2) is 0 Å². The van der Waals surface area contributed by atoms with E-state index in [1.165, 1.54) is 0 Å². The topological polar surface area (TPSA) is 0 Å². The molecular weight excluding hydrogens is 275 g/mol. The minimum Gasteiger partial charge on any atom is -0.0843 e. The molecule has 0 radical (unpaired) electrons. The van der Waals surface area contributed by atoms with Crippen LogP contribution in [0.5, 0.6) is 0 Å². The summed E-state index contributed by atoms with van der Waals surface area (Å²) in [5.74, 6) is 0. The van der Waals surface area contributed by atoms with E-state index in [-0.39, 0.29) is 0 Å². The number of hydrogen-bond acceptors (Lipinski definition) is 0. The maximum atomic E-state index is 6.26. The maximum absolute atomic E-state index is 6.26. The summed E-state index contributed by atoms with van der Waals surface area (Å²) in [5.41, 5.74) is 0. The first-order valence-electron chi connectivity index (χ1n) is 5.13. The van der Waals surface area contributed by atoms with Crippen molar-refractivity contribution in [2.75, 3.05) is 0 Å². The quantitative estimate of drug-likeness (QED) is 0.446. The fourth-order valence-corrected chi connectivity index (χ4v) is 2.73. The third-order valence-electron chi connectivity index (χ3n) is 2.86. The highest BCUT2D eigenvalue weighted by Crippen LogP contribution is 2.36. The van der Waals surface area contributed by atoms with Gasteiger partial charge >= 0.3 is 0 Å². The predicted molar refractivity (Wildman–Crippen MR) is 76.5 cm³/mol. The van der Waals surface area contributed by atoms with Crippen molar-refractivity contribution in [3.8, 4) is 0 Å². The van der Waals surface area contributed by atoms with Gasteiger partial charge in [-0.2, -0.15) is 0 Å². The summed E-state index contributed by atoms with van der Waals surface area (Å²) in [4.78, 5) is 0. The van der Waals surface area contributed by atoms with Crippen molar-refractivity contribution in [2.24, 2.45) is 0 Å². The molecule has 3 heteroatoms. The highest BCUT2D eigenvalue weighted by molar-refractivity contribution is 6.42. The van der Waals surface area contributed by atoms with Crippen molar-refractivity contribution in [1.29, 1.82) is 0 Å².